The molecule has 1 aliphatic rings. The molecule has 0 heterocycles. The van der Waals surface area contributed by atoms with Crippen LogP contribution < -0.4 is 5.32 Å². The molecule has 3 heteroatoms. The molecule has 0 aromatic heterocycles. The molecule has 1 aliphatic carbocycles. The summed E-state index contributed by atoms with van der Waals surface area (Å²) in [4.78, 5) is 0. The van der Waals surface area contributed by atoms with Gasteiger partial charge in [0.15, 0.2) is 0 Å². The van der Waals surface area contributed by atoms with Crippen molar-refractivity contribution in [2.24, 2.45) is 11.8 Å². The van der Waals surface area contributed by atoms with Crippen molar-refractivity contribution in [3.05, 3.63) is 33.8 Å². The molecule has 1 aromatic carbocycles. The summed E-state index contributed by atoms with van der Waals surface area (Å²) in [7, 11) is 0. The lowest BCUT2D eigenvalue weighted by Gasteiger charge is -2.21. The zero-order valence-corrected chi connectivity index (χ0v) is 12.6. The molecule has 1 N–H and O–H groups in total. The van der Waals surface area contributed by atoms with Crippen LogP contribution in [0.4, 0.5) is 0 Å². The van der Waals surface area contributed by atoms with Crippen molar-refractivity contribution >= 4 is 23.2 Å². The first-order valence-corrected chi connectivity index (χ1v) is 7.54. The molecule has 0 spiro atoms. The van der Waals surface area contributed by atoms with Crippen LogP contribution >= 0.6 is 23.2 Å². The van der Waals surface area contributed by atoms with Crippen LogP contribution in [0, 0.1) is 11.8 Å². The van der Waals surface area contributed by atoms with Gasteiger partial charge in [-0.3, -0.25) is 0 Å². The van der Waals surface area contributed by atoms with Gasteiger partial charge in [0, 0.05) is 16.1 Å². The lowest BCUT2D eigenvalue weighted by atomic mass is 9.89. The Morgan fingerprint density at radius 2 is 2.06 bits per heavy atom. The fourth-order valence-electron chi connectivity index (χ4n) is 3.07. The highest BCUT2D eigenvalue weighted by Gasteiger charge is 2.32. The van der Waals surface area contributed by atoms with E-state index in [-0.39, 0.29) is 0 Å². The molecule has 1 nitrogen and oxygen atoms in total. The Morgan fingerprint density at radius 3 is 2.78 bits per heavy atom. The summed E-state index contributed by atoms with van der Waals surface area (Å²) in [6, 6.07) is 6.43. The smallest absolute Gasteiger partial charge is 0.0439 e. The monoisotopic (exact) mass is 285 g/mol. The second-order valence-corrected chi connectivity index (χ2v) is 6.14. The number of hydrogen-bond acceptors (Lipinski definition) is 1. The van der Waals surface area contributed by atoms with E-state index in [0.29, 0.717) is 17.9 Å². The maximum Gasteiger partial charge on any atom is 0.0439 e. The van der Waals surface area contributed by atoms with Crippen molar-refractivity contribution in [1.82, 2.24) is 5.32 Å². The number of halogens is 2. The molecule has 2 rings (SSSR count). The topological polar surface area (TPSA) is 12.0 Å². The second-order valence-electron chi connectivity index (χ2n) is 5.30. The van der Waals surface area contributed by atoms with Gasteiger partial charge in [0.05, 0.1) is 0 Å². The van der Waals surface area contributed by atoms with Gasteiger partial charge in [-0.05, 0) is 61.4 Å². The minimum Gasteiger partial charge on any atom is -0.314 e. The lowest BCUT2D eigenvalue weighted by molar-refractivity contribution is 0.355. The van der Waals surface area contributed by atoms with Crippen molar-refractivity contribution < 1.29 is 0 Å². The summed E-state index contributed by atoms with van der Waals surface area (Å²) in [5.41, 5.74) is 1.19. The van der Waals surface area contributed by atoms with Gasteiger partial charge in [-0.2, -0.15) is 0 Å². The summed E-state index contributed by atoms with van der Waals surface area (Å²) in [5, 5.41) is 5.20. The predicted octanol–water partition coefficient (Wildman–Crippen LogP) is 4.56. The van der Waals surface area contributed by atoms with E-state index in [2.05, 4.69) is 19.2 Å². The maximum atomic E-state index is 6.25. The molecule has 1 fully saturated rings. The molecule has 1 saturated carbocycles. The Hall–Kier alpha value is -0.240. The van der Waals surface area contributed by atoms with Gasteiger partial charge < -0.3 is 5.32 Å². The van der Waals surface area contributed by atoms with Crippen molar-refractivity contribution in [3.63, 3.8) is 0 Å². The van der Waals surface area contributed by atoms with Crippen LogP contribution in [-0.4, -0.2) is 12.6 Å². The van der Waals surface area contributed by atoms with E-state index in [4.69, 9.17) is 23.2 Å². The zero-order chi connectivity index (χ0) is 13.1. The molecule has 100 valence electrons. The summed E-state index contributed by atoms with van der Waals surface area (Å²) >= 11 is 12.3. The van der Waals surface area contributed by atoms with E-state index in [1.54, 1.807) is 0 Å². The van der Waals surface area contributed by atoms with E-state index in [9.17, 15) is 0 Å². The van der Waals surface area contributed by atoms with E-state index in [1.165, 1.54) is 18.4 Å². The second kappa shape index (κ2) is 6.27. The summed E-state index contributed by atoms with van der Waals surface area (Å²) in [6.45, 7) is 5.58. The van der Waals surface area contributed by atoms with Gasteiger partial charge in [-0.1, -0.05) is 37.0 Å². The average Bonchev–Trinajstić information content (AvgIpc) is 2.67. The van der Waals surface area contributed by atoms with E-state index in [0.717, 1.165) is 23.0 Å². The molecular weight excluding hydrogens is 265 g/mol. The third-order valence-electron chi connectivity index (χ3n) is 4.18. The molecule has 0 aliphatic heterocycles. The van der Waals surface area contributed by atoms with Crippen LogP contribution in [0.3, 0.4) is 0 Å². The zero-order valence-electron chi connectivity index (χ0n) is 11.0. The van der Waals surface area contributed by atoms with Gasteiger partial charge in [-0.25, -0.2) is 0 Å². The van der Waals surface area contributed by atoms with Crippen LogP contribution in [0.5, 0.6) is 0 Å². The van der Waals surface area contributed by atoms with Gasteiger partial charge >= 0.3 is 0 Å². The van der Waals surface area contributed by atoms with Gasteiger partial charge in [0.2, 0.25) is 0 Å². The first kappa shape index (κ1) is 14.2. The fourth-order valence-corrected chi connectivity index (χ4v) is 3.46. The van der Waals surface area contributed by atoms with Crippen molar-refractivity contribution in [2.45, 2.75) is 39.2 Å². The highest BCUT2D eigenvalue weighted by atomic mass is 35.5. The van der Waals surface area contributed by atoms with Crippen LogP contribution in [0.15, 0.2) is 18.2 Å². The number of hydrogen-bond donors (Lipinski definition) is 1. The summed E-state index contributed by atoms with van der Waals surface area (Å²) in [6.07, 6.45) is 3.60. The Kier molecular flexibility index (Phi) is 4.94. The lowest BCUT2D eigenvalue weighted by Crippen LogP contribution is -2.32. The largest absolute Gasteiger partial charge is 0.314 e. The minimum absolute atomic E-state index is 0.665. The maximum absolute atomic E-state index is 6.25. The first-order chi connectivity index (χ1) is 8.61. The fraction of sp³-hybridized carbons (Fsp3) is 0.600. The van der Waals surface area contributed by atoms with Crippen LogP contribution in [0.1, 0.15) is 32.3 Å². The average molecular weight is 286 g/mol. The predicted molar refractivity (Wildman–Crippen MR) is 79.5 cm³/mol. The molecule has 0 radical (unpaired) electrons. The van der Waals surface area contributed by atoms with E-state index < -0.39 is 0 Å². The van der Waals surface area contributed by atoms with Crippen LogP contribution in [0.2, 0.25) is 10.0 Å². The van der Waals surface area contributed by atoms with Gasteiger partial charge in [-0.15, -0.1) is 0 Å². The quantitative estimate of drug-likeness (QED) is 0.855. The van der Waals surface area contributed by atoms with Crippen LogP contribution in [-0.2, 0) is 6.42 Å². The third kappa shape index (κ3) is 3.20. The highest BCUT2D eigenvalue weighted by molar-refractivity contribution is 6.33. The minimum atomic E-state index is 0.665. The molecule has 3 unspecified atom stereocenters. The molecular formula is C15H21Cl2N. The first-order valence-electron chi connectivity index (χ1n) is 6.79. The molecule has 1 aromatic rings. The van der Waals surface area contributed by atoms with Crippen LogP contribution in [0.25, 0.3) is 0 Å². The number of nitrogens with one attached hydrogen (secondary N) is 1. The van der Waals surface area contributed by atoms with Crippen molar-refractivity contribution in [1.29, 1.82) is 0 Å². The molecule has 0 amide bonds. The standard InChI is InChI=1S/C15H21Cl2N/c1-3-18-15-7-4-11(10(15)2)8-12-9-13(16)5-6-14(12)17/h5-6,9-11,15,18H,3-4,7-8H2,1-2H3. The van der Waals surface area contributed by atoms with E-state index in [1.807, 2.05) is 18.2 Å². The van der Waals surface area contributed by atoms with Crippen molar-refractivity contribution in [2.75, 3.05) is 6.54 Å². The normalized spacial score (nSPS) is 27.7. The Balaban J connectivity index is 2.04. The Labute approximate surface area is 120 Å². The number of rotatable bonds is 4. The number of benzene rings is 1. The summed E-state index contributed by atoms with van der Waals surface area (Å²) < 4.78 is 0. The van der Waals surface area contributed by atoms with Gasteiger partial charge in [0.1, 0.15) is 0 Å². The summed E-state index contributed by atoms with van der Waals surface area (Å²) in [5.74, 6) is 1.42. The third-order valence-corrected chi connectivity index (χ3v) is 4.79. The Morgan fingerprint density at radius 1 is 1.28 bits per heavy atom. The molecule has 0 bridgehead atoms. The van der Waals surface area contributed by atoms with Crippen molar-refractivity contribution in [3.8, 4) is 0 Å². The molecule has 18 heavy (non-hydrogen) atoms. The molecule has 0 saturated heterocycles. The van der Waals surface area contributed by atoms with Gasteiger partial charge in [0.25, 0.3) is 0 Å². The van der Waals surface area contributed by atoms with E-state index >= 15 is 0 Å². The molecule has 3 atom stereocenters. The SMILES string of the molecule is CCNC1CCC(Cc2cc(Cl)ccc2Cl)C1C. The highest BCUT2D eigenvalue weighted by Crippen LogP contribution is 2.36. The Bertz CT molecular complexity index is 405.